The molecule has 1 N–H and O–H groups in total. The van der Waals surface area contributed by atoms with E-state index in [4.69, 9.17) is 4.74 Å². The van der Waals surface area contributed by atoms with Gasteiger partial charge >= 0.3 is 5.97 Å². The minimum atomic E-state index is -0.653. The molecule has 0 aromatic carbocycles. The van der Waals surface area contributed by atoms with E-state index in [2.05, 4.69) is 64.5 Å². The molecular weight excluding hydrogens is 530 g/mol. The van der Waals surface area contributed by atoms with Gasteiger partial charge in [-0.2, -0.15) is 5.26 Å². The van der Waals surface area contributed by atoms with Crippen LogP contribution in [0.2, 0.25) is 0 Å². The molecule has 1 heterocycles. The summed E-state index contributed by atoms with van der Waals surface area (Å²) in [7, 11) is 1.55. The van der Waals surface area contributed by atoms with Crippen LogP contribution in [0.15, 0.2) is 23.7 Å². The summed E-state index contributed by atoms with van der Waals surface area (Å²) < 4.78 is 5.50. The fourth-order valence-electron chi connectivity index (χ4n) is 11.4. The van der Waals surface area contributed by atoms with Crippen molar-refractivity contribution < 1.29 is 14.3 Å². The van der Waals surface area contributed by atoms with Crippen LogP contribution in [-0.2, 0) is 14.3 Å². The molecule has 4 saturated carbocycles. The van der Waals surface area contributed by atoms with Crippen LogP contribution in [0.4, 0.5) is 5.13 Å². The predicted molar refractivity (Wildman–Crippen MR) is 163 cm³/mol. The van der Waals surface area contributed by atoms with E-state index in [9.17, 15) is 14.9 Å². The highest BCUT2D eigenvalue weighted by atomic mass is 32.1. The van der Waals surface area contributed by atoms with Crippen molar-refractivity contribution in [3.8, 4) is 6.07 Å². The molecule has 0 saturated heterocycles. The monoisotopic (exact) mass is 579 g/mol. The Morgan fingerprint density at radius 3 is 2.49 bits per heavy atom. The van der Waals surface area contributed by atoms with Gasteiger partial charge in [0.05, 0.1) is 18.6 Å². The number of amides is 1. The Labute approximate surface area is 250 Å². The van der Waals surface area contributed by atoms with Gasteiger partial charge in [0.1, 0.15) is 0 Å². The van der Waals surface area contributed by atoms with E-state index in [1.165, 1.54) is 16.9 Å². The largest absolute Gasteiger partial charge is 0.469 e. The van der Waals surface area contributed by atoms with Crippen LogP contribution in [-0.4, -0.2) is 24.0 Å². The van der Waals surface area contributed by atoms with E-state index in [0.29, 0.717) is 29.3 Å². The summed E-state index contributed by atoms with van der Waals surface area (Å²) in [5.41, 5.74) is -0.132. The molecule has 0 bridgehead atoms. The number of methoxy groups -OCH3 is 1. The van der Waals surface area contributed by atoms with Crippen LogP contribution in [0.3, 0.4) is 0 Å². The Morgan fingerprint density at radius 2 is 1.88 bits per heavy atom. The first-order valence-electron chi connectivity index (χ1n) is 15.5. The lowest BCUT2D eigenvalue weighted by atomic mass is 9.33. The Balaban J connectivity index is 1.53. The number of hydrogen-bond acceptors (Lipinski definition) is 6. The molecule has 9 atom stereocenters. The summed E-state index contributed by atoms with van der Waals surface area (Å²) in [6.07, 6.45) is 9.92. The Kier molecular flexibility index (Phi) is 7.54. The third-order valence-electron chi connectivity index (χ3n) is 13.5. The maximum absolute atomic E-state index is 13.7. The molecular formula is C34H49N3O3S. The van der Waals surface area contributed by atoms with Crippen LogP contribution in [0, 0.1) is 68.0 Å². The van der Waals surface area contributed by atoms with Gasteiger partial charge < -0.3 is 10.1 Å². The van der Waals surface area contributed by atoms with Crippen LogP contribution < -0.4 is 5.32 Å². The lowest BCUT2D eigenvalue weighted by Gasteiger charge is -2.71. The molecule has 41 heavy (non-hydrogen) atoms. The van der Waals surface area contributed by atoms with Crippen LogP contribution >= 0.6 is 11.3 Å². The maximum atomic E-state index is 13.7. The van der Waals surface area contributed by atoms with E-state index in [1.54, 1.807) is 13.3 Å². The molecule has 4 fully saturated rings. The predicted octanol–water partition coefficient (Wildman–Crippen LogP) is 8.03. The van der Waals surface area contributed by atoms with Gasteiger partial charge in [0.15, 0.2) is 5.13 Å². The zero-order valence-corrected chi connectivity index (χ0v) is 27.0. The van der Waals surface area contributed by atoms with Gasteiger partial charge in [-0.25, -0.2) is 4.98 Å². The van der Waals surface area contributed by atoms with Crippen molar-refractivity contribution in [3.05, 3.63) is 23.7 Å². The van der Waals surface area contributed by atoms with E-state index in [-0.39, 0.29) is 40.0 Å². The minimum Gasteiger partial charge on any atom is -0.469 e. The van der Waals surface area contributed by atoms with Crippen LogP contribution in [0.5, 0.6) is 0 Å². The standard InChI is InChI=1S/C34H49N3O3S/c1-21(2)22-11-14-34(28(39)40-8)16-15-32(6)23(26(22)34)9-10-25-31(5,17-18-35)24(12-13-33(25,32)7)30(3,4)27(38)37-29-36-19-20-41-29/h19-20,22-26H,1,9-17H2,2-8H3,(H,36,37,38)/t22-,23+,24-,25+,26+,31-,32+,33+,34-/m0/s1. The molecule has 224 valence electrons. The first kappa shape index (κ1) is 30.3. The number of nitrogens with one attached hydrogen (secondary N) is 1. The molecule has 4 aliphatic carbocycles. The van der Waals surface area contributed by atoms with Gasteiger partial charge in [0.25, 0.3) is 0 Å². The molecule has 6 nitrogen and oxygen atoms in total. The maximum Gasteiger partial charge on any atom is 0.312 e. The third kappa shape index (κ3) is 4.17. The zero-order valence-electron chi connectivity index (χ0n) is 26.1. The normalized spacial score (nSPS) is 41.8. The first-order chi connectivity index (χ1) is 19.2. The van der Waals surface area contributed by atoms with Gasteiger partial charge in [-0.3, -0.25) is 9.59 Å². The number of anilines is 1. The number of hydrogen-bond donors (Lipinski definition) is 1. The summed E-state index contributed by atoms with van der Waals surface area (Å²) in [5.74, 6) is 1.35. The van der Waals surface area contributed by atoms with Crippen LogP contribution in [0.1, 0.15) is 99.3 Å². The van der Waals surface area contributed by atoms with Crippen molar-refractivity contribution in [1.82, 2.24) is 4.98 Å². The van der Waals surface area contributed by atoms with Crippen molar-refractivity contribution in [2.24, 2.45) is 56.7 Å². The Bertz CT molecular complexity index is 1250. The number of nitrogens with zero attached hydrogens (tertiary/aromatic N) is 2. The number of fused-ring (bicyclic) bond motifs is 5. The number of esters is 1. The summed E-state index contributed by atoms with van der Waals surface area (Å²) in [5, 5.41) is 15.8. The number of ether oxygens (including phenoxy) is 1. The second kappa shape index (κ2) is 10.2. The van der Waals surface area contributed by atoms with E-state index < -0.39 is 10.8 Å². The van der Waals surface area contributed by atoms with E-state index >= 15 is 0 Å². The number of allylic oxidation sites excluding steroid dienone is 1. The topological polar surface area (TPSA) is 92.1 Å². The second-order valence-corrected chi connectivity index (χ2v) is 16.1. The van der Waals surface area contributed by atoms with Crippen molar-refractivity contribution in [2.75, 3.05) is 12.4 Å². The molecule has 0 radical (unpaired) electrons. The SMILES string of the molecule is C=C(C)[C@@H]1CC[C@]2(C(=O)OC)CC[C@]3(C)[C@H](CC[C@@H]4[C@@](C)(CC#N)[C@H](C(C)(C)C(=O)Nc5nccs5)CC[C@]43C)[C@@H]12. The van der Waals surface area contributed by atoms with Crippen molar-refractivity contribution in [1.29, 1.82) is 5.26 Å². The average molecular weight is 580 g/mol. The van der Waals surface area contributed by atoms with Gasteiger partial charge in [0, 0.05) is 23.4 Å². The molecule has 4 aliphatic rings. The first-order valence-corrected chi connectivity index (χ1v) is 16.4. The summed E-state index contributed by atoms with van der Waals surface area (Å²) in [6, 6.07) is 2.57. The van der Waals surface area contributed by atoms with E-state index in [0.717, 1.165) is 51.4 Å². The molecule has 1 aromatic heterocycles. The van der Waals surface area contributed by atoms with E-state index in [1.807, 2.05) is 5.38 Å². The van der Waals surface area contributed by atoms with Gasteiger partial charge in [-0.15, -0.1) is 11.3 Å². The quantitative estimate of drug-likeness (QED) is 0.272. The second-order valence-electron chi connectivity index (χ2n) is 15.2. The number of nitriles is 1. The fraction of sp³-hybridized carbons (Fsp3) is 0.765. The number of rotatable bonds is 6. The lowest BCUT2D eigenvalue weighted by Crippen LogP contribution is -2.66. The van der Waals surface area contributed by atoms with Crippen LogP contribution in [0.25, 0.3) is 0 Å². The highest BCUT2D eigenvalue weighted by Gasteiger charge is 2.71. The van der Waals surface area contributed by atoms with Crippen molar-refractivity contribution in [3.63, 3.8) is 0 Å². The summed E-state index contributed by atoms with van der Waals surface area (Å²) in [6.45, 7) is 18.0. The lowest BCUT2D eigenvalue weighted by molar-refractivity contribution is -0.228. The Morgan fingerprint density at radius 1 is 1.15 bits per heavy atom. The molecule has 1 aromatic rings. The smallest absolute Gasteiger partial charge is 0.312 e. The third-order valence-corrected chi connectivity index (χ3v) is 14.2. The van der Waals surface area contributed by atoms with Crippen molar-refractivity contribution >= 4 is 28.3 Å². The molecule has 7 heteroatoms. The fourth-order valence-corrected chi connectivity index (χ4v) is 11.9. The number of aromatic nitrogens is 1. The average Bonchev–Trinajstić information content (AvgIpc) is 3.57. The highest BCUT2D eigenvalue weighted by molar-refractivity contribution is 7.13. The minimum absolute atomic E-state index is 0.00434. The molecule has 1 amide bonds. The molecule has 5 rings (SSSR count). The van der Waals surface area contributed by atoms with Gasteiger partial charge in [0.2, 0.25) is 5.91 Å². The summed E-state index contributed by atoms with van der Waals surface area (Å²) in [4.78, 5) is 31.5. The highest BCUT2D eigenvalue weighted by Crippen LogP contribution is 2.76. The molecule has 0 spiro atoms. The van der Waals surface area contributed by atoms with Gasteiger partial charge in [-0.05, 0) is 104 Å². The number of thiazole rings is 1. The summed E-state index contributed by atoms with van der Waals surface area (Å²) >= 11 is 1.43. The number of carbonyl (C=O) groups excluding carboxylic acids is 2. The molecule has 0 aliphatic heterocycles. The van der Waals surface area contributed by atoms with Gasteiger partial charge in [-0.1, -0.05) is 46.8 Å². The van der Waals surface area contributed by atoms with Crippen molar-refractivity contribution in [2.45, 2.75) is 99.3 Å². The zero-order chi connectivity index (χ0) is 30.0. The Hall–Kier alpha value is -2.20. The number of carbonyl (C=O) groups is 2. The molecule has 0 unspecified atom stereocenters.